The summed E-state index contributed by atoms with van der Waals surface area (Å²) in [7, 11) is 0. The van der Waals surface area contributed by atoms with E-state index in [9.17, 15) is 4.79 Å². The summed E-state index contributed by atoms with van der Waals surface area (Å²) in [5, 5.41) is 4.06. The summed E-state index contributed by atoms with van der Waals surface area (Å²) in [6.07, 6.45) is 3.29. The lowest BCUT2D eigenvalue weighted by molar-refractivity contribution is 0.0528. The molecule has 0 fully saturated rings. The monoisotopic (exact) mass is 268 g/mol. The van der Waals surface area contributed by atoms with Crippen LogP contribution in [0.3, 0.4) is 0 Å². The molecular formula is C10H9BrN2O2. The summed E-state index contributed by atoms with van der Waals surface area (Å²) in [5.74, 6) is -0.342. The molecule has 0 saturated heterocycles. The van der Waals surface area contributed by atoms with E-state index in [1.165, 1.54) is 6.20 Å². The number of fused-ring (bicyclic) bond motifs is 1. The number of halogens is 1. The molecule has 0 aliphatic heterocycles. The van der Waals surface area contributed by atoms with Crippen molar-refractivity contribution in [1.82, 2.24) is 9.61 Å². The zero-order valence-corrected chi connectivity index (χ0v) is 9.69. The molecule has 0 atom stereocenters. The Morgan fingerprint density at radius 2 is 2.47 bits per heavy atom. The Morgan fingerprint density at radius 3 is 3.20 bits per heavy atom. The molecule has 0 bridgehead atoms. The fraction of sp³-hybridized carbons (Fsp3) is 0.200. The standard InChI is InChI=1S/C10H9BrN2O2/c1-2-15-10(14)8-6-12-13-4-3-7(11)5-9(8)13/h3-6H,2H2,1H3. The smallest absolute Gasteiger partial charge is 0.341 e. The van der Waals surface area contributed by atoms with Crippen molar-refractivity contribution in [1.29, 1.82) is 0 Å². The maximum absolute atomic E-state index is 11.5. The lowest BCUT2D eigenvalue weighted by Crippen LogP contribution is -2.03. The number of esters is 1. The number of nitrogens with zero attached hydrogens (tertiary/aromatic N) is 2. The lowest BCUT2D eigenvalue weighted by atomic mass is 10.3. The summed E-state index contributed by atoms with van der Waals surface area (Å²) in [6, 6.07) is 3.69. The third kappa shape index (κ3) is 1.87. The summed E-state index contributed by atoms with van der Waals surface area (Å²) in [4.78, 5) is 11.5. The molecule has 0 aromatic carbocycles. The van der Waals surface area contributed by atoms with Crippen molar-refractivity contribution in [3.8, 4) is 0 Å². The summed E-state index contributed by atoms with van der Waals surface area (Å²) in [5.41, 5.74) is 1.22. The highest BCUT2D eigenvalue weighted by Gasteiger charge is 2.13. The molecule has 15 heavy (non-hydrogen) atoms. The Labute approximate surface area is 95.0 Å². The van der Waals surface area contributed by atoms with Crippen LogP contribution in [-0.2, 0) is 4.74 Å². The van der Waals surface area contributed by atoms with Gasteiger partial charge in [-0.2, -0.15) is 5.10 Å². The third-order valence-electron chi connectivity index (χ3n) is 1.98. The number of ether oxygens (including phenoxy) is 1. The lowest BCUT2D eigenvalue weighted by Gasteiger charge is -1.99. The molecule has 0 aliphatic carbocycles. The van der Waals surface area contributed by atoms with Crippen LogP contribution in [0.5, 0.6) is 0 Å². The largest absolute Gasteiger partial charge is 0.462 e. The van der Waals surface area contributed by atoms with Gasteiger partial charge in [0.05, 0.1) is 18.3 Å². The summed E-state index contributed by atoms with van der Waals surface area (Å²) < 4.78 is 7.47. The summed E-state index contributed by atoms with van der Waals surface area (Å²) in [6.45, 7) is 2.14. The van der Waals surface area contributed by atoms with E-state index in [4.69, 9.17) is 4.74 Å². The van der Waals surface area contributed by atoms with E-state index in [0.29, 0.717) is 12.2 Å². The molecule has 0 N–H and O–H groups in total. The topological polar surface area (TPSA) is 43.6 Å². The second-order valence-corrected chi connectivity index (χ2v) is 3.87. The van der Waals surface area contributed by atoms with Crippen molar-refractivity contribution >= 4 is 27.4 Å². The molecule has 2 heterocycles. The van der Waals surface area contributed by atoms with E-state index in [1.807, 2.05) is 12.1 Å². The zero-order valence-electron chi connectivity index (χ0n) is 8.11. The van der Waals surface area contributed by atoms with Gasteiger partial charge in [-0.25, -0.2) is 9.31 Å². The molecule has 2 aromatic heterocycles. The number of carbonyl (C=O) groups is 1. The van der Waals surface area contributed by atoms with E-state index >= 15 is 0 Å². The van der Waals surface area contributed by atoms with E-state index in [1.54, 1.807) is 17.6 Å². The molecule has 0 radical (unpaired) electrons. The molecule has 5 heteroatoms. The SMILES string of the molecule is CCOC(=O)c1cnn2ccc(Br)cc12. The first-order valence-corrected chi connectivity index (χ1v) is 5.31. The predicted molar refractivity (Wildman–Crippen MR) is 58.8 cm³/mol. The van der Waals surface area contributed by atoms with Crippen molar-refractivity contribution in [3.05, 3.63) is 34.6 Å². The van der Waals surface area contributed by atoms with Crippen LogP contribution in [0, 0.1) is 0 Å². The van der Waals surface area contributed by atoms with Gasteiger partial charge in [-0.15, -0.1) is 0 Å². The second-order valence-electron chi connectivity index (χ2n) is 2.95. The van der Waals surface area contributed by atoms with E-state index in [0.717, 1.165) is 9.99 Å². The van der Waals surface area contributed by atoms with Crippen molar-refractivity contribution in [3.63, 3.8) is 0 Å². The average molecular weight is 269 g/mol. The molecule has 0 aliphatic rings. The maximum atomic E-state index is 11.5. The predicted octanol–water partition coefficient (Wildman–Crippen LogP) is 2.27. The highest BCUT2D eigenvalue weighted by molar-refractivity contribution is 9.10. The van der Waals surface area contributed by atoms with E-state index < -0.39 is 0 Å². The van der Waals surface area contributed by atoms with Gasteiger partial charge in [-0.05, 0) is 19.1 Å². The number of rotatable bonds is 2. The van der Waals surface area contributed by atoms with Gasteiger partial charge in [-0.1, -0.05) is 15.9 Å². The first kappa shape index (κ1) is 10.2. The van der Waals surface area contributed by atoms with E-state index in [2.05, 4.69) is 21.0 Å². The number of aromatic nitrogens is 2. The molecule has 4 nitrogen and oxygen atoms in total. The molecule has 0 unspecified atom stereocenters. The molecule has 0 spiro atoms. The van der Waals surface area contributed by atoms with Gasteiger partial charge >= 0.3 is 5.97 Å². The first-order chi connectivity index (χ1) is 7.22. The van der Waals surface area contributed by atoms with Crippen LogP contribution in [-0.4, -0.2) is 22.2 Å². The number of hydrogen-bond donors (Lipinski definition) is 0. The van der Waals surface area contributed by atoms with Gasteiger partial charge in [0.1, 0.15) is 5.56 Å². The van der Waals surface area contributed by atoms with Gasteiger partial charge in [0.25, 0.3) is 0 Å². The highest BCUT2D eigenvalue weighted by atomic mass is 79.9. The average Bonchev–Trinajstić information content (AvgIpc) is 2.60. The van der Waals surface area contributed by atoms with Crippen LogP contribution in [0.4, 0.5) is 0 Å². The van der Waals surface area contributed by atoms with Crippen molar-refractivity contribution in [2.24, 2.45) is 0 Å². The van der Waals surface area contributed by atoms with Gasteiger partial charge in [0.2, 0.25) is 0 Å². The van der Waals surface area contributed by atoms with Gasteiger partial charge in [-0.3, -0.25) is 0 Å². The number of carbonyl (C=O) groups excluding carboxylic acids is 1. The minimum absolute atomic E-state index is 0.342. The Bertz CT molecular complexity index is 507. The highest BCUT2D eigenvalue weighted by Crippen LogP contribution is 2.17. The van der Waals surface area contributed by atoms with Crippen molar-refractivity contribution in [2.45, 2.75) is 6.92 Å². The summed E-state index contributed by atoms with van der Waals surface area (Å²) >= 11 is 3.35. The van der Waals surface area contributed by atoms with Crippen LogP contribution in [0.15, 0.2) is 29.0 Å². The minimum atomic E-state index is -0.342. The molecule has 78 valence electrons. The van der Waals surface area contributed by atoms with Crippen LogP contribution in [0.2, 0.25) is 0 Å². The Balaban J connectivity index is 2.52. The van der Waals surface area contributed by atoms with Gasteiger partial charge in [0, 0.05) is 10.7 Å². The molecule has 0 saturated carbocycles. The first-order valence-electron chi connectivity index (χ1n) is 4.52. The number of hydrogen-bond acceptors (Lipinski definition) is 3. The second kappa shape index (κ2) is 4.02. The van der Waals surface area contributed by atoms with Gasteiger partial charge in [0.15, 0.2) is 0 Å². The maximum Gasteiger partial charge on any atom is 0.341 e. The fourth-order valence-electron chi connectivity index (χ4n) is 1.32. The molecule has 2 rings (SSSR count). The van der Waals surface area contributed by atoms with Crippen LogP contribution in [0.25, 0.3) is 5.52 Å². The third-order valence-corrected chi connectivity index (χ3v) is 2.47. The Morgan fingerprint density at radius 1 is 1.67 bits per heavy atom. The Kier molecular flexibility index (Phi) is 2.73. The zero-order chi connectivity index (χ0) is 10.8. The normalized spacial score (nSPS) is 10.5. The minimum Gasteiger partial charge on any atom is -0.462 e. The quantitative estimate of drug-likeness (QED) is 0.785. The van der Waals surface area contributed by atoms with Crippen LogP contribution in [0.1, 0.15) is 17.3 Å². The van der Waals surface area contributed by atoms with Crippen LogP contribution < -0.4 is 0 Å². The van der Waals surface area contributed by atoms with Gasteiger partial charge < -0.3 is 4.74 Å². The molecule has 2 aromatic rings. The molecule has 0 amide bonds. The fourth-order valence-corrected chi connectivity index (χ4v) is 1.66. The van der Waals surface area contributed by atoms with Crippen molar-refractivity contribution in [2.75, 3.05) is 6.61 Å². The number of pyridine rings is 1. The Hall–Kier alpha value is -1.36. The van der Waals surface area contributed by atoms with E-state index in [-0.39, 0.29) is 5.97 Å². The molecular weight excluding hydrogens is 260 g/mol. The van der Waals surface area contributed by atoms with Crippen molar-refractivity contribution < 1.29 is 9.53 Å². The van der Waals surface area contributed by atoms with Crippen LogP contribution >= 0.6 is 15.9 Å².